The Morgan fingerprint density at radius 3 is 3.07 bits per heavy atom. The van der Waals surface area contributed by atoms with Crippen molar-refractivity contribution in [1.82, 2.24) is 5.32 Å². The number of nitrogens with two attached hydrogens (primary N) is 1. The van der Waals surface area contributed by atoms with E-state index in [0.29, 0.717) is 6.04 Å². The summed E-state index contributed by atoms with van der Waals surface area (Å²) in [6.45, 7) is 3.31. The van der Waals surface area contributed by atoms with Gasteiger partial charge in [-0.2, -0.15) is 0 Å². The molecule has 1 atom stereocenters. The molecule has 0 saturated carbocycles. The lowest BCUT2D eigenvalue weighted by Gasteiger charge is -2.25. The molecule has 0 heterocycles. The highest BCUT2D eigenvalue weighted by Gasteiger charge is 2.19. The van der Waals surface area contributed by atoms with Gasteiger partial charge in [0.05, 0.1) is 12.0 Å². The van der Waals surface area contributed by atoms with Crippen molar-refractivity contribution in [3.63, 3.8) is 0 Å². The number of hydrogen-bond donors (Lipinski definition) is 2. The van der Waals surface area contributed by atoms with Gasteiger partial charge in [-0.25, -0.2) is 4.99 Å². The second-order valence-corrected chi connectivity index (χ2v) is 4.65. The van der Waals surface area contributed by atoms with E-state index in [1.54, 1.807) is 11.8 Å². The largest absolute Gasteiger partial charge is 0.390 e. The molecule has 86 valence electrons. The van der Waals surface area contributed by atoms with E-state index in [9.17, 15) is 0 Å². The minimum absolute atomic E-state index is 0.629. The zero-order valence-corrected chi connectivity index (χ0v) is 10.4. The number of rotatable bonds is 5. The summed E-state index contributed by atoms with van der Waals surface area (Å²) in [7, 11) is 0. The van der Waals surface area contributed by atoms with Gasteiger partial charge in [0, 0.05) is 10.9 Å². The Hall–Kier alpha value is -0.480. The van der Waals surface area contributed by atoms with E-state index in [1.165, 1.54) is 29.8 Å². The highest BCUT2D eigenvalue weighted by atomic mass is 32.2. The van der Waals surface area contributed by atoms with E-state index >= 15 is 0 Å². The van der Waals surface area contributed by atoms with Crippen LogP contribution in [0.4, 0.5) is 0 Å². The van der Waals surface area contributed by atoms with E-state index in [0.717, 1.165) is 19.4 Å². The van der Waals surface area contributed by atoms with Crippen LogP contribution in [-0.2, 0) is 0 Å². The summed E-state index contributed by atoms with van der Waals surface area (Å²) in [5.74, 6) is 0. The molecule has 0 radical (unpaired) electrons. The average Bonchev–Trinajstić information content (AvgIpc) is 2.28. The summed E-state index contributed by atoms with van der Waals surface area (Å²) in [5, 5.41) is 3.57. The van der Waals surface area contributed by atoms with E-state index in [-0.39, 0.29) is 0 Å². The first kappa shape index (κ1) is 12.6. The summed E-state index contributed by atoms with van der Waals surface area (Å²) >= 11 is 1.80. The lowest BCUT2D eigenvalue weighted by molar-refractivity contribution is 0.463. The smallest absolute Gasteiger partial charge is 0.0856 e. The van der Waals surface area contributed by atoms with Gasteiger partial charge in [0.25, 0.3) is 0 Å². The van der Waals surface area contributed by atoms with Crippen molar-refractivity contribution in [3.8, 4) is 0 Å². The fourth-order valence-electron chi connectivity index (χ4n) is 1.84. The number of nitrogens with zero attached hydrogens (tertiary/aromatic N) is 1. The third-order valence-corrected chi connectivity index (χ3v) is 3.54. The van der Waals surface area contributed by atoms with Crippen molar-refractivity contribution in [1.29, 1.82) is 0 Å². The van der Waals surface area contributed by atoms with Gasteiger partial charge < -0.3 is 11.1 Å². The molecule has 0 aliphatic heterocycles. The van der Waals surface area contributed by atoms with Gasteiger partial charge in [-0.3, -0.25) is 0 Å². The first-order valence-electron chi connectivity index (χ1n) is 5.55. The van der Waals surface area contributed by atoms with E-state index in [1.807, 2.05) is 0 Å². The number of thioether (sulfide) groups is 1. The Kier molecular flexibility index (Phi) is 5.79. The Morgan fingerprint density at radius 2 is 2.47 bits per heavy atom. The van der Waals surface area contributed by atoms with Crippen LogP contribution in [0.3, 0.4) is 0 Å². The maximum atomic E-state index is 5.34. The van der Waals surface area contributed by atoms with Crippen molar-refractivity contribution in [2.45, 2.75) is 38.6 Å². The van der Waals surface area contributed by atoms with Crippen LogP contribution in [0.1, 0.15) is 32.6 Å². The summed E-state index contributed by atoms with van der Waals surface area (Å²) < 4.78 is 0. The number of aliphatic imine (C=N–C) groups is 1. The third-order valence-electron chi connectivity index (χ3n) is 2.64. The third kappa shape index (κ3) is 3.87. The van der Waals surface area contributed by atoms with Crippen LogP contribution >= 0.6 is 11.8 Å². The molecule has 15 heavy (non-hydrogen) atoms. The molecule has 3 N–H and O–H groups in total. The van der Waals surface area contributed by atoms with Gasteiger partial charge >= 0.3 is 0 Å². The van der Waals surface area contributed by atoms with E-state index in [4.69, 9.17) is 5.73 Å². The molecule has 1 aliphatic rings. The molecule has 3 nitrogen and oxygen atoms in total. The molecular formula is C11H21N3S. The average molecular weight is 227 g/mol. The molecule has 0 amide bonds. The van der Waals surface area contributed by atoms with Gasteiger partial charge in [0.15, 0.2) is 0 Å². The minimum atomic E-state index is 0.629. The van der Waals surface area contributed by atoms with Gasteiger partial charge in [-0.05, 0) is 38.5 Å². The summed E-state index contributed by atoms with van der Waals surface area (Å²) in [5.41, 5.74) is 6.52. The van der Waals surface area contributed by atoms with Crippen molar-refractivity contribution in [3.05, 3.63) is 10.6 Å². The Balaban J connectivity index is 2.56. The predicted octanol–water partition coefficient (Wildman–Crippen LogP) is 2.10. The lowest BCUT2D eigenvalue weighted by Crippen LogP contribution is -2.32. The molecule has 0 aromatic carbocycles. The summed E-state index contributed by atoms with van der Waals surface area (Å²) in [6, 6.07) is 0.629. The van der Waals surface area contributed by atoms with Crippen molar-refractivity contribution < 1.29 is 0 Å². The topological polar surface area (TPSA) is 50.4 Å². The molecule has 0 bridgehead atoms. The molecule has 0 aromatic heterocycles. The first-order valence-corrected chi connectivity index (χ1v) is 6.78. The molecule has 1 rings (SSSR count). The molecule has 1 aliphatic carbocycles. The Bertz CT molecular complexity index is 248. The number of hydrogen-bond acceptors (Lipinski definition) is 3. The van der Waals surface area contributed by atoms with Crippen molar-refractivity contribution >= 4 is 18.1 Å². The van der Waals surface area contributed by atoms with Crippen LogP contribution in [0.2, 0.25) is 0 Å². The lowest BCUT2D eigenvalue weighted by atomic mass is 9.99. The second-order valence-electron chi connectivity index (χ2n) is 3.75. The van der Waals surface area contributed by atoms with Gasteiger partial charge in [-0.1, -0.05) is 6.92 Å². The van der Waals surface area contributed by atoms with Gasteiger partial charge in [-0.15, -0.1) is 11.8 Å². The quantitative estimate of drug-likeness (QED) is 0.558. The van der Waals surface area contributed by atoms with Crippen LogP contribution in [0.25, 0.3) is 0 Å². The summed E-state index contributed by atoms with van der Waals surface area (Å²) in [6.07, 6.45) is 8.05. The van der Waals surface area contributed by atoms with E-state index in [2.05, 4.69) is 23.5 Å². The van der Waals surface area contributed by atoms with Crippen LogP contribution in [0.5, 0.6) is 0 Å². The molecule has 0 aromatic rings. The Morgan fingerprint density at radius 1 is 1.67 bits per heavy atom. The van der Waals surface area contributed by atoms with Crippen LogP contribution in [0.15, 0.2) is 15.6 Å². The van der Waals surface area contributed by atoms with Crippen LogP contribution in [0, 0.1) is 0 Å². The molecule has 0 spiro atoms. The van der Waals surface area contributed by atoms with Gasteiger partial charge in [0.1, 0.15) is 0 Å². The minimum Gasteiger partial charge on any atom is -0.390 e. The molecule has 0 fully saturated rings. The molecule has 1 unspecified atom stereocenters. The van der Waals surface area contributed by atoms with Gasteiger partial charge in [0.2, 0.25) is 0 Å². The second kappa shape index (κ2) is 6.90. The number of allylic oxidation sites excluding steroid dienone is 1. The fraction of sp³-hybridized carbons (Fsp3) is 0.727. The van der Waals surface area contributed by atoms with Crippen LogP contribution < -0.4 is 11.1 Å². The van der Waals surface area contributed by atoms with Crippen molar-refractivity contribution in [2.24, 2.45) is 10.7 Å². The zero-order chi connectivity index (χ0) is 11.1. The highest BCUT2D eigenvalue weighted by Crippen LogP contribution is 2.32. The molecular weight excluding hydrogens is 206 g/mol. The maximum absolute atomic E-state index is 5.34. The normalized spacial score (nSPS) is 22.7. The standard InChI is InChI=1S/C11H21N3S/c1-3-6-13-9-4-5-10(14-8-12)11(7-9)15-2/h8-9,13H,3-7H2,1-2H3,(H2,12,14). The monoisotopic (exact) mass is 227 g/mol. The van der Waals surface area contributed by atoms with Crippen LogP contribution in [-0.4, -0.2) is 25.2 Å². The zero-order valence-electron chi connectivity index (χ0n) is 9.62. The highest BCUT2D eigenvalue weighted by molar-refractivity contribution is 8.02. The first-order chi connectivity index (χ1) is 7.31. The summed E-state index contributed by atoms with van der Waals surface area (Å²) in [4.78, 5) is 5.62. The Labute approximate surface area is 96.6 Å². The maximum Gasteiger partial charge on any atom is 0.0856 e. The number of nitrogens with one attached hydrogen (secondary N) is 1. The SMILES string of the molecule is CCCNC1CCC(N=CN)=C(SC)C1. The predicted molar refractivity (Wildman–Crippen MR) is 69.2 cm³/mol. The van der Waals surface area contributed by atoms with E-state index < -0.39 is 0 Å². The molecule has 0 saturated heterocycles. The molecule has 4 heteroatoms. The van der Waals surface area contributed by atoms with Crippen molar-refractivity contribution in [2.75, 3.05) is 12.8 Å². The fourth-order valence-corrected chi connectivity index (χ4v) is 2.60.